The predicted molar refractivity (Wildman–Crippen MR) is 87.9 cm³/mol. The molecule has 0 saturated carbocycles. The molecule has 0 atom stereocenters. The van der Waals surface area contributed by atoms with Gasteiger partial charge in [0, 0.05) is 24.6 Å². The number of hydrogen-bond donors (Lipinski definition) is 0. The van der Waals surface area contributed by atoms with E-state index in [1.807, 2.05) is 39.0 Å². The molecule has 0 aliphatic carbocycles. The van der Waals surface area contributed by atoms with Crippen molar-refractivity contribution in [2.45, 2.75) is 39.2 Å². The first kappa shape index (κ1) is 17.3. The molecule has 1 heterocycles. The molecule has 1 fully saturated rings. The lowest BCUT2D eigenvalue weighted by atomic mass is 9.89. The van der Waals surface area contributed by atoms with Crippen LogP contribution in [0.4, 0.5) is 4.79 Å². The van der Waals surface area contributed by atoms with Gasteiger partial charge in [0.2, 0.25) is 0 Å². The molecule has 0 radical (unpaired) electrons. The number of Topliss-reactive ketones (excluding diaryl/α,β-unsaturated/α-hetero) is 1. The van der Waals surface area contributed by atoms with Crippen molar-refractivity contribution < 1.29 is 19.1 Å². The maximum absolute atomic E-state index is 12.6. The number of amides is 1. The Bertz CT molecular complexity index is 569. The van der Waals surface area contributed by atoms with Crippen molar-refractivity contribution in [2.75, 3.05) is 20.2 Å². The lowest BCUT2D eigenvalue weighted by Gasteiger charge is -2.33. The number of piperidine rings is 1. The van der Waals surface area contributed by atoms with Crippen LogP contribution < -0.4 is 4.74 Å². The van der Waals surface area contributed by atoms with E-state index >= 15 is 0 Å². The molecular weight excluding hydrogens is 294 g/mol. The van der Waals surface area contributed by atoms with Crippen molar-refractivity contribution in [2.24, 2.45) is 5.92 Å². The van der Waals surface area contributed by atoms with Gasteiger partial charge in [0.15, 0.2) is 5.78 Å². The lowest BCUT2D eigenvalue weighted by Crippen LogP contribution is -2.43. The van der Waals surface area contributed by atoms with Gasteiger partial charge in [0.25, 0.3) is 0 Å². The van der Waals surface area contributed by atoms with E-state index < -0.39 is 5.60 Å². The van der Waals surface area contributed by atoms with Crippen LogP contribution in [-0.4, -0.2) is 42.6 Å². The summed E-state index contributed by atoms with van der Waals surface area (Å²) in [6.45, 7) is 6.66. The number of methoxy groups -OCH3 is 1. The van der Waals surface area contributed by atoms with Crippen LogP contribution in [0.2, 0.25) is 0 Å². The molecule has 1 aliphatic rings. The molecule has 1 amide bonds. The summed E-state index contributed by atoms with van der Waals surface area (Å²) in [5.41, 5.74) is 0.171. The molecule has 1 aromatic rings. The highest BCUT2D eigenvalue weighted by Crippen LogP contribution is 2.24. The minimum atomic E-state index is -0.496. The predicted octanol–water partition coefficient (Wildman–Crippen LogP) is 3.53. The Kier molecular flexibility index (Phi) is 5.29. The summed E-state index contributed by atoms with van der Waals surface area (Å²) in [6, 6.07) is 7.22. The SMILES string of the molecule is COc1cccc(C(=O)C2CCN(C(=O)OC(C)(C)C)CC2)c1. The second-order valence-corrected chi connectivity index (χ2v) is 6.84. The van der Waals surface area contributed by atoms with Crippen LogP contribution in [0.25, 0.3) is 0 Å². The fraction of sp³-hybridized carbons (Fsp3) is 0.556. The average molecular weight is 319 g/mol. The Balaban J connectivity index is 1.93. The number of hydrogen-bond acceptors (Lipinski definition) is 4. The Morgan fingerprint density at radius 1 is 1.17 bits per heavy atom. The molecule has 5 heteroatoms. The molecule has 2 rings (SSSR count). The zero-order valence-corrected chi connectivity index (χ0v) is 14.3. The van der Waals surface area contributed by atoms with Crippen LogP contribution in [0.3, 0.4) is 0 Å². The Morgan fingerprint density at radius 2 is 1.83 bits per heavy atom. The minimum absolute atomic E-state index is 0.0548. The standard InChI is InChI=1S/C18H25NO4/c1-18(2,3)23-17(21)19-10-8-13(9-11-19)16(20)14-6-5-7-15(12-14)22-4/h5-7,12-13H,8-11H2,1-4H3. The van der Waals surface area contributed by atoms with Crippen molar-refractivity contribution in [1.29, 1.82) is 0 Å². The van der Waals surface area contributed by atoms with Gasteiger partial charge in [-0.1, -0.05) is 12.1 Å². The fourth-order valence-electron chi connectivity index (χ4n) is 2.66. The highest BCUT2D eigenvalue weighted by Gasteiger charge is 2.30. The Morgan fingerprint density at radius 3 is 2.39 bits per heavy atom. The molecule has 1 saturated heterocycles. The number of carbonyl (C=O) groups is 2. The van der Waals surface area contributed by atoms with Crippen molar-refractivity contribution in [3.8, 4) is 5.75 Å². The van der Waals surface area contributed by atoms with E-state index in [4.69, 9.17) is 9.47 Å². The molecule has 23 heavy (non-hydrogen) atoms. The minimum Gasteiger partial charge on any atom is -0.497 e. The van der Waals surface area contributed by atoms with E-state index in [0.717, 1.165) is 0 Å². The van der Waals surface area contributed by atoms with Gasteiger partial charge in [-0.3, -0.25) is 4.79 Å². The molecule has 5 nitrogen and oxygen atoms in total. The van der Waals surface area contributed by atoms with Gasteiger partial charge in [-0.05, 0) is 45.7 Å². The molecule has 0 unspecified atom stereocenters. The van der Waals surface area contributed by atoms with E-state index in [9.17, 15) is 9.59 Å². The average Bonchev–Trinajstić information content (AvgIpc) is 2.53. The first-order valence-electron chi connectivity index (χ1n) is 7.96. The number of ketones is 1. The second kappa shape index (κ2) is 7.02. The monoisotopic (exact) mass is 319 g/mol. The molecule has 0 bridgehead atoms. The second-order valence-electron chi connectivity index (χ2n) is 6.84. The summed E-state index contributed by atoms with van der Waals surface area (Å²) < 4.78 is 10.5. The van der Waals surface area contributed by atoms with Crippen LogP contribution in [-0.2, 0) is 4.74 Å². The first-order valence-corrected chi connectivity index (χ1v) is 7.96. The third-order valence-corrected chi connectivity index (χ3v) is 3.87. The van der Waals surface area contributed by atoms with Gasteiger partial charge in [0.1, 0.15) is 11.4 Å². The number of likely N-dealkylation sites (tertiary alicyclic amines) is 1. The van der Waals surface area contributed by atoms with Gasteiger partial charge < -0.3 is 14.4 Å². The van der Waals surface area contributed by atoms with Crippen LogP contribution in [0.1, 0.15) is 44.0 Å². The Labute approximate surface area is 137 Å². The van der Waals surface area contributed by atoms with Crippen LogP contribution in [0.15, 0.2) is 24.3 Å². The van der Waals surface area contributed by atoms with Crippen LogP contribution in [0.5, 0.6) is 5.75 Å². The van der Waals surface area contributed by atoms with Crippen molar-refractivity contribution in [1.82, 2.24) is 4.90 Å². The fourth-order valence-corrected chi connectivity index (χ4v) is 2.66. The maximum atomic E-state index is 12.6. The molecule has 1 aromatic carbocycles. The molecule has 0 aromatic heterocycles. The molecule has 0 spiro atoms. The van der Waals surface area contributed by atoms with Crippen molar-refractivity contribution >= 4 is 11.9 Å². The highest BCUT2D eigenvalue weighted by atomic mass is 16.6. The smallest absolute Gasteiger partial charge is 0.410 e. The van der Waals surface area contributed by atoms with Crippen LogP contribution >= 0.6 is 0 Å². The number of nitrogens with zero attached hydrogens (tertiary/aromatic N) is 1. The van der Waals surface area contributed by atoms with E-state index in [0.29, 0.717) is 37.2 Å². The summed E-state index contributed by atoms with van der Waals surface area (Å²) in [5, 5.41) is 0. The molecule has 1 aliphatic heterocycles. The molecule has 126 valence electrons. The van der Waals surface area contributed by atoms with E-state index in [2.05, 4.69) is 0 Å². The Hall–Kier alpha value is -2.04. The van der Waals surface area contributed by atoms with Crippen molar-refractivity contribution in [3.05, 3.63) is 29.8 Å². The van der Waals surface area contributed by atoms with E-state index in [1.54, 1.807) is 18.1 Å². The van der Waals surface area contributed by atoms with E-state index in [1.165, 1.54) is 0 Å². The molecule has 0 N–H and O–H groups in total. The van der Waals surface area contributed by atoms with Gasteiger partial charge in [-0.2, -0.15) is 0 Å². The summed E-state index contributed by atoms with van der Waals surface area (Å²) in [6.07, 6.45) is 1.02. The zero-order valence-electron chi connectivity index (χ0n) is 14.3. The lowest BCUT2D eigenvalue weighted by molar-refractivity contribution is 0.0182. The number of rotatable bonds is 3. The van der Waals surface area contributed by atoms with Crippen molar-refractivity contribution in [3.63, 3.8) is 0 Å². The van der Waals surface area contributed by atoms with Gasteiger partial charge in [0.05, 0.1) is 7.11 Å². The van der Waals surface area contributed by atoms with Crippen LogP contribution in [0, 0.1) is 5.92 Å². The summed E-state index contributed by atoms with van der Waals surface area (Å²) in [7, 11) is 1.59. The quantitative estimate of drug-likeness (QED) is 0.800. The molecular formula is C18H25NO4. The summed E-state index contributed by atoms with van der Waals surface area (Å²) >= 11 is 0. The maximum Gasteiger partial charge on any atom is 0.410 e. The van der Waals surface area contributed by atoms with Gasteiger partial charge >= 0.3 is 6.09 Å². The van der Waals surface area contributed by atoms with Gasteiger partial charge in [-0.25, -0.2) is 4.79 Å². The third-order valence-electron chi connectivity index (χ3n) is 3.87. The summed E-state index contributed by atoms with van der Waals surface area (Å²) in [5.74, 6) is 0.746. The highest BCUT2D eigenvalue weighted by molar-refractivity contribution is 5.98. The zero-order chi connectivity index (χ0) is 17.0. The topological polar surface area (TPSA) is 55.8 Å². The third kappa shape index (κ3) is 4.71. The summed E-state index contributed by atoms with van der Waals surface area (Å²) in [4.78, 5) is 26.3. The largest absolute Gasteiger partial charge is 0.497 e. The first-order chi connectivity index (χ1) is 10.8. The number of benzene rings is 1. The number of carbonyl (C=O) groups excluding carboxylic acids is 2. The van der Waals surface area contributed by atoms with Gasteiger partial charge in [-0.15, -0.1) is 0 Å². The normalized spacial score (nSPS) is 16.1. The van der Waals surface area contributed by atoms with E-state index in [-0.39, 0.29) is 17.8 Å². The number of ether oxygens (including phenoxy) is 2.